The molecule has 0 fully saturated rings. The molecule has 0 aliphatic carbocycles. The van der Waals surface area contributed by atoms with Crippen molar-refractivity contribution in [3.63, 3.8) is 0 Å². The number of nitrogens with two attached hydrogens (primary N) is 1. The van der Waals surface area contributed by atoms with Crippen LogP contribution in [-0.2, 0) is 0 Å². The van der Waals surface area contributed by atoms with Gasteiger partial charge in [-0.15, -0.1) is 0 Å². The Kier molecular flexibility index (Phi) is 3.29. The van der Waals surface area contributed by atoms with Crippen LogP contribution in [0.25, 0.3) is 0 Å². The summed E-state index contributed by atoms with van der Waals surface area (Å²) >= 11 is 0. The van der Waals surface area contributed by atoms with Crippen LogP contribution in [0.4, 0.5) is 5.69 Å². The Morgan fingerprint density at radius 1 is 1.25 bits per heavy atom. The minimum absolute atomic E-state index is 0.00606. The smallest absolute Gasteiger partial charge is 0.201 e. The number of hydrogen-bond acceptors (Lipinski definition) is 3. The molecule has 0 spiro atoms. The molecule has 0 aromatic heterocycles. The van der Waals surface area contributed by atoms with Gasteiger partial charge in [0.1, 0.15) is 0 Å². The summed E-state index contributed by atoms with van der Waals surface area (Å²) in [6.45, 7) is 1.15. The lowest BCUT2D eigenvalue weighted by atomic mass is 10.4. The third-order valence-electron chi connectivity index (χ3n) is 1.46. The van der Waals surface area contributed by atoms with Gasteiger partial charge in [0, 0.05) is 13.1 Å². The van der Waals surface area contributed by atoms with Crippen LogP contribution in [0.1, 0.15) is 0 Å². The van der Waals surface area contributed by atoms with E-state index in [-0.39, 0.29) is 5.43 Å². The Bertz CT molecular complexity index is 298. The van der Waals surface area contributed by atoms with Crippen LogP contribution in [0.3, 0.4) is 0 Å². The molecule has 0 heterocycles. The van der Waals surface area contributed by atoms with Crippen molar-refractivity contribution >= 4 is 5.69 Å². The van der Waals surface area contributed by atoms with Gasteiger partial charge in [0.05, 0.1) is 5.69 Å². The predicted octanol–water partition coefficient (Wildman–Crippen LogP) is 0.417. The molecule has 0 aliphatic rings. The van der Waals surface area contributed by atoms with Gasteiger partial charge in [-0.2, -0.15) is 0 Å². The summed E-state index contributed by atoms with van der Waals surface area (Å²) in [6, 6.07) is 8.63. The van der Waals surface area contributed by atoms with Crippen molar-refractivity contribution < 1.29 is 0 Å². The molecule has 1 aromatic rings. The summed E-state index contributed by atoms with van der Waals surface area (Å²) in [5.74, 6) is 0. The summed E-state index contributed by atoms with van der Waals surface area (Å²) in [6.07, 6.45) is 0. The first-order valence-electron chi connectivity index (χ1n) is 3.88. The Labute approximate surface area is 71.2 Å². The number of anilines is 1. The Morgan fingerprint density at radius 2 is 2.00 bits per heavy atom. The first-order valence-corrected chi connectivity index (χ1v) is 3.88. The van der Waals surface area contributed by atoms with Crippen LogP contribution in [0, 0.1) is 0 Å². The fraction of sp³-hybridized carbons (Fsp3) is 0.222. The zero-order valence-corrected chi connectivity index (χ0v) is 6.79. The molecule has 0 aliphatic heterocycles. The summed E-state index contributed by atoms with van der Waals surface area (Å²) in [4.78, 5) is 11.2. The second-order valence-corrected chi connectivity index (χ2v) is 2.40. The largest absolute Gasteiger partial charge is 0.381 e. The molecule has 0 amide bonds. The quantitative estimate of drug-likeness (QED) is 0.680. The average Bonchev–Trinajstić information content (AvgIpc) is 2.27. The van der Waals surface area contributed by atoms with Gasteiger partial charge in [-0.3, -0.25) is 4.79 Å². The molecular formula is C9H12N2O. The molecule has 64 valence electrons. The van der Waals surface area contributed by atoms with E-state index < -0.39 is 0 Å². The number of rotatable bonds is 3. The SMILES string of the molecule is NCCNc1cccccc1=O. The predicted molar refractivity (Wildman–Crippen MR) is 50.3 cm³/mol. The highest BCUT2D eigenvalue weighted by molar-refractivity contribution is 5.41. The molecule has 0 saturated heterocycles. The third-order valence-corrected chi connectivity index (χ3v) is 1.46. The molecule has 3 heteroatoms. The number of nitrogens with one attached hydrogen (secondary N) is 1. The lowest BCUT2D eigenvalue weighted by molar-refractivity contribution is 1.02. The molecule has 0 radical (unpaired) electrons. The maximum absolute atomic E-state index is 11.2. The highest BCUT2D eigenvalue weighted by Crippen LogP contribution is 1.94. The van der Waals surface area contributed by atoms with E-state index >= 15 is 0 Å². The first kappa shape index (κ1) is 8.74. The second-order valence-electron chi connectivity index (χ2n) is 2.40. The standard InChI is InChI=1S/C9H12N2O/c10-6-7-11-8-4-2-1-3-5-9(8)12/h1-5H,6-7,10H2,(H,11,12). The molecule has 0 unspecified atom stereocenters. The van der Waals surface area contributed by atoms with E-state index in [4.69, 9.17) is 5.73 Å². The van der Waals surface area contributed by atoms with E-state index in [1.54, 1.807) is 12.1 Å². The van der Waals surface area contributed by atoms with E-state index in [0.717, 1.165) is 0 Å². The molecule has 12 heavy (non-hydrogen) atoms. The van der Waals surface area contributed by atoms with E-state index in [2.05, 4.69) is 5.32 Å². The lowest BCUT2D eigenvalue weighted by Gasteiger charge is -1.99. The van der Waals surface area contributed by atoms with Crippen molar-refractivity contribution in [3.8, 4) is 0 Å². The van der Waals surface area contributed by atoms with Crippen LogP contribution < -0.4 is 16.5 Å². The minimum Gasteiger partial charge on any atom is -0.381 e. The molecule has 1 aromatic carbocycles. The second kappa shape index (κ2) is 4.51. The Balaban J connectivity index is 2.86. The summed E-state index contributed by atoms with van der Waals surface area (Å²) < 4.78 is 0. The van der Waals surface area contributed by atoms with Crippen LogP contribution >= 0.6 is 0 Å². The molecule has 0 saturated carbocycles. The van der Waals surface area contributed by atoms with Gasteiger partial charge in [0.25, 0.3) is 0 Å². The van der Waals surface area contributed by atoms with E-state index in [0.29, 0.717) is 18.8 Å². The zero-order chi connectivity index (χ0) is 8.81. The zero-order valence-electron chi connectivity index (χ0n) is 6.79. The van der Waals surface area contributed by atoms with Crippen molar-refractivity contribution in [2.75, 3.05) is 18.4 Å². The highest BCUT2D eigenvalue weighted by Gasteiger charge is 1.91. The first-order chi connectivity index (χ1) is 5.84. The lowest BCUT2D eigenvalue weighted by Crippen LogP contribution is -2.16. The molecule has 0 atom stereocenters. The molecule has 1 rings (SSSR count). The van der Waals surface area contributed by atoms with Crippen LogP contribution in [0.5, 0.6) is 0 Å². The normalized spacial score (nSPS) is 9.42. The van der Waals surface area contributed by atoms with Gasteiger partial charge >= 0.3 is 0 Å². The molecule has 3 nitrogen and oxygen atoms in total. The minimum atomic E-state index is -0.00606. The van der Waals surface area contributed by atoms with Crippen LogP contribution in [0.2, 0.25) is 0 Å². The Morgan fingerprint density at radius 3 is 2.75 bits per heavy atom. The topological polar surface area (TPSA) is 55.1 Å². The molecule has 0 bridgehead atoms. The van der Waals surface area contributed by atoms with Crippen LogP contribution in [-0.4, -0.2) is 13.1 Å². The van der Waals surface area contributed by atoms with Crippen molar-refractivity contribution in [2.24, 2.45) is 5.73 Å². The fourth-order valence-corrected chi connectivity index (χ4v) is 0.884. The van der Waals surface area contributed by atoms with Crippen molar-refractivity contribution in [3.05, 3.63) is 40.6 Å². The van der Waals surface area contributed by atoms with E-state index in [1.807, 2.05) is 12.1 Å². The van der Waals surface area contributed by atoms with Gasteiger partial charge in [0.15, 0.2) is 0 Å². The monoisotopic (exact) mass is 164 g/mol. The van der Waals surface area contributed by atoms with Crippen LogP contribution in [0.15, 0.2) is 35.1 Å². The molecular weight excluding hydrogens is 152 g/mol. The molecule has 3 N–H and O–H groups in total. The van der Waals surface area contributed by atoms with Crippen molar-refractivity contribution in [2.45, 2.75) is 0 Å². The third kappa shape index (κ3) is 2.36. The summed E-state index contributed by atoms with van der Waals surface area (Å²) in [5, 5.41) is 2.95. The van der Waals surface area contributed by atoms with E-state index in [1.165, 1.54) is 6.07 Å². The average molecular weight is 164 g/mol. The maximum Gasteiger partial charge on any atom is 0.201 e. The van der Waals surface area contributed by atoms with Gasteiger partial charge in [-0.05, 0) is 12.1 Å². The van der Waals surface area contributed by atoms with Gasteiger partial charge < -0.3 is 11.1 Å². The van der Waals surface area contributed by atoms with Gasteiger partial charge in [-0.25, -0.2) is 0 Å². The van der Waals surface area contributed by atoms with E-state index in [9.17, 15) is 4.79 Å². The Hall–Kier alpha value is -1.35. The van der Waals surface area contributed by atoms with Crippen molar-refractivity contribution in [1.29, 1.82) is 0 Å². The number of hydrogen-bond donors (Lipinski definition) is 2. The van der Waals surface area contributed by atoms with Gasteiger partial charge in [0.2, 0.25) is 5.43 Å². The maximum atomic E-state index is 11.2. The fourth-order valence-electron chi connectivity index (χ4n) is 0.884. The van der Waals surface area contributed by atoms with Crippen molar-refractivity contribution in [1.82, 2.24) is 0 Å². The summed E-state index contributed by atoms with van der Waals surface area (Å²) in [5.41, 5.74) is 5.89. The van der Waals surface area contributed by atoms with Gasteiger partial charge in [-0.1, -0.05) is 18.2 Å². The highest BCUT2D eigenvalue weighted by atomic mass is 16.1. The summed E-state index contributed by atoms with van der Waals surface area (Å²) in [7, 11) is 0.